The molecule has 1 N–H and O–H groups in total. The summed E-state index contributed by atoms with van der Waals surface area (Å²) in [6, 6.07) is 0. The summed E-state index contributed by atoms with van der Waals surface area (Å²) in [5.41, 5.74) is 0.431. The van der Waals surface area contributed by atoms with E-state index in [2.05, 4.69) is 10.2 Å². The van der Waals surface area contributed by atoms with Gasteiger partial charge in [0.05, 0.1) is 6.54 Å². The Labute approximate surface area is 151 Å². The van der Waals surface area contributed by atoms with Gasteiger partial charge in [-0.3, -0.25) is 14.5 Å². The number of rotatable bonds is 7. The lowest BCUT2D eigenvalue weighted by Crippen LogP contribution is -2.44. The van der Waals surface area contributed by atoms with Gasteiger partial charge in [0.25, 0.3) is 0 Å². The summed E-state index contributed by atoms with van der Waals surface area (Å²) in [6.45, 7) is 4.29. The van der Waals surface area contributed by atoms with Gasteiger partial charge in [0.15, 0.2) is 0 Å². The lowest BCUT2D eigenvalue weighted by molar-refractivity contribution is -0.131. The molecule has 0 aromatic rings. The van der Waals surface area contributed by atoms with Crippen molar-refractivity contribution >= 4 is 11.8 Å². The molecule has 0 bridgehead atoms. The Kier molecular flexibility index (Phi) is 4.78. The number of carbonyl (C=O) groups excluding carboxylic acids is 2. The molecule has 4 fully saturated rings. The van der Waals surface area contributed by atoms with Gasteiger partial charge in [-0.05, 0) is 75.3 Å². The average molecular weight is 348 g/mol. The Balaban J connectivity index is 1.11. The third kappa shape index (κ3) is 4.02. The minimum atomic E-state index is 0.262. The van der Waals surface area contributed by atoms with Crippen LogP contribution in [0.5, 0.6) is 0 Å². The number of hydrogen-bond acceptors (Lipinski definition) is 3. The number of carbonyl (C=O) groups is 2. The quantitative estimate of drug-likeness (QED) is 0.765. The van der Waals surface area contributed by atoms with E-state index in [4.69, 9.17) is 0 Å². The zero-order valence-electron chi connectivity index (χ0n) is 15.6. The Bertz CT molecular complexity index is 519. The first kappa shape index (κ1) is 17.3. The van der Waals surface area contributed by atoms with Crippen LogP contribution in [0.15, 0.2) is 0 Å². The van der Waals surface area contributed by atoms with Crippen LogP contribution in [0.4, 0.5) is 0 Å². The van der Waals surface area contributed by atoms with E-state index in [0.29, 0.717) is 29.7 Å². The van der Waals surface area contributed by atoms with Crippen LogP contribution in [0.2, 0.25) is 0 Å². The van der Waals surface area contributed by atoms with Gasteiger partial charge in [-0.2, -0.15) is 0 Å². The van der Waals surface area contributed by atoms with Gasteiger partial charge in [0.2, 0.25) is 11.8 Å². The highest BCUT2D eigenvalue weighted by molar-refractivity contribution is 5.82. The normalized spacial score (nSPS) is 28.4. The minimum absolute atomic E-state index is 0.262. The van der Waals surface area contributed by atoms with Crippen LogP contribution in [0.1, 0.15) is 51.4 Å². The second-order valence-electron chi connectivity index (χ2n) is 9.15. The van der Waals surface area contributed by atoms with Crippen LogP contribution in [-0.2, 0) is 9.59 Å². The fourth-order valence-corrected chi connectivity index (χ4v) is 4.72. The number of hydrogen-bond donors (Lipinski definition) is 1. The van der Waals surface area contributed by atoms with Crippen LogP contribution in [0, 0.1) is 23.2 Å². The molecule has 5 nitrogen and oxygen atoms in total. The van der Waals surface area contributed by atoms with Crippen molar-refractivity contribution in [1.29, 1.82) is 0 Å². The predicted octanol–water partition coefficient (Wildman–Crippen LogP) is 1.87. The van der Waals surface area contributed by atoms with E-state index in [-0.39, 0.29) is 5.91 Å². The SMILES string of the molecule is CN(CC1CC1)C(=O)CN1CCC(CNC(=O)C2CC23CCC3)CC1. The molecule has 5 heteroatoms. The summed E-state index contributed by atoms with van der Waals surface area (Å²) in [5.74, 6) is 2.22. The maximum atomic E-state index is 12.3. The number of likely N-dealkylation sites (N-methyl/N-ethyl adjacent to an activating group) is 1. The Morgan fingerprint density at radius 3 is 2.40 bits per heavy atom. The molecule has 25 heavy (non-hydrogen) atoms. The third-order valence-corrected chi connectivity index (χ3v) is 7.14. The molecule has 140 valence electrons. The van der Waals surface area contributed by atoms with Crippen LogP contribution >= 0.6 is 0 Å². The number of nitrogens with one attached hydrogen (secondary N) is 1. The second kappa shape index (κ2) is 6.90. The average Bonchev–Trinajstić information content (AvgIpc) is 3.46. The molecule has 1 heterocycles. The topological polar surface area (TPSA) is 52.7 Å². The van der Waals surface area contributed by atoms with Crippen molar-refractivity contribution in [1.82, 2.24) is 15.1 Å². The van der Waals surface area contributed by atoms with Crippen LogP contribution in [0.25, 0.3) is 0 Å². The molecule has 1 spiro atoms. The summed E-state index contributed by atoms with van der Waals surface area (Å²) in [7, 11) is 1.94. The zero-order chi connectivity index (χ0) is 17.4. The van der Waals surface area contributed by atoms with Crippen LogP contribution in [0.3, 0.4) is 0 Å². The predicted molar refractivity (Wildman–Crippen MR) is 96.9 cm³/mol. The summed E-state index contributed by atoms with van der Waals surface area (Å²) < 4.78 is 0. The lowest BCUT2D eigenvalue weighted by Gasteiger charge is -2.32. The van der Waals surface area contributed by atoms with Crippen molar-refractivity contribution in [2.45, 2.75) is 51.4 Å². The summed E-state index contributed by atoms with van der Waals surface area (Å²) in [5, 5.41) is 3.21. The van der Waals surface area contributed by atoms with E-state index >= 15 is 0 Å². The van der Waals surface area contributed by atoms with Crippen molar-refractivity contribution in [2.75, 3.05) is 39.8 Å². The van der Waals surface area contributed by atoms with Gasteiger partial charge >= 0.3 is 0 Å². The molecular weight excluding hydrogens is 314 g/mol. The number of piperidine rings is 1. The highest BCUT2D eigenvalue weighted by Crippen LogP contribution is 2.65. The van der Waals surface area contributed by atoms with Gasteiger partial charge < -0.3 is 10.2 Å². The molecular formula is C20H33N3O2. The first-order valence-electron chi connectivity index (χ1n) is 10.3. The maximum Gasteiger partial charge on any atom is 0.236 e. The fourth-order valence-electron chi connectivity index (χ4n) is 4.72. The van der Waals surface area contributed by atoms with Crippen LogP contribution in [-0.4, -0.2) is 61.4 Å². The van der Waals surface area contributed by atoms with E-state index in [1.165, 1.54) is 32.1 Å². The summed E-state index contributed by atoms with van der Waals surface area (Å²) in [4.78, 5) is 28.7. The molecule has 1 saturated heterocycles. The monoisotopic (exact) mass is 347 g/mol. The Hall–Kier alpha value is -1.10. The molecule has 0 aromatic carbocycles. The van der Waals surface area contributed by atoms with Crippen molar-refractivity contribution < 1.29 is 9.59 Å². The first-order chi connectivity index (χ1) is 12.1. The lowest BCUT2D eigenvalue weighted by atomic mass is 9.79. The second-order valence-corrected chi connectivity index (χ2v) is 9.15. The van der Waals surface area contributed by atoms with E-state index in [1.807, 2.05) is 11.9 Å². The van der Waals surface area contributed by atoms with Gasteiger partial charge in [-0.15, -0.1) is 0 Å². The molecule has 4 rings (SSSR count). The maximum absolute atomic E-state index is 12.3. The molecule has 0 aromatic heterocycles. The number of likely N-dealkylation sites (tertiary alicyclic amines) is 1. The molecule has 2 amide bonds. The first-order valence-corrected chi connectivity index (χ1v) is 10.3. The highest BCUT2D eigenvalue weighted by atomic mass is 16.2. The third-order valence-electron chi connectivity index (χ3n) is 7.14. The van der Waals surface area contributed by atoms with Crippen molar-refractivity contribution in [3.63, 3.8) is 0 Å². The van der Waals surface area contributed by atoms with Crippen molar-refractivity contribution in [3.8, 4) is 0 Å². The minimum Gasteiger partial charge on any atom is -0.356 e. The van der Waals surface area contributed by atoms with Crippen molar-refractivity contribution in [2.24, 2.45) is 23.2 Å². The molecule has 3 saturated carbocycles. The standard InChI is InChI=1S/C20H33N3O2/c1-22(13-16-3-4-16)18(24)14-23-9-5-15(6-10-23)12-21-19(25)17-11-20(17)7-2-8-20/h15-17H,2-14H2,1H3,(H,21,25). The summed E-state index contributed by atoms with van der Waals surface area (Å²) >= 11 is 0. The zero-order valence-corrected chi connectivity index (χ0v) is 15.6. The van der Waals surface area contributed by atoms with Gasteiger partial charge in [0.1, 0.15) is 0 Å². The van der Waals surface area contributed by atoms with E-state index in [0.717, 1.165) is 51.4 Å². The van der Waals surface area contributed by atoms with Gasteiger partial charge in [0, 0.05) is 26.1 Å². The fraction of sp³-hybridized carbons (Fsp3) is 0.900. The highest BCUT2D eigenvalue weighted by Gasteiger charge is 2.60. The molecule has 0 radical (unpaired) electrons. The number of amides is 2. The summed E-state index contributed by atoms with van der Waals surface area (Å²) in [6.07, 6.45) is 9.75. The molecule has 1 aliphatic heterocycles. The van der Waals surface area contributed by atoms with E-state index in [9.17, 15) is 9.59 Å². The van der Waals surface area contributed by atoms with Crippen molar-refractivity contribution in [3.05, 3.63) is 0 Å². The molecule has 3 aliphatic carbocycles. The Morgan fingerprint density at radius 2 is 1.84 bits per heavy atom. The van der Waals surface area contributed by atoms with Gasteiger partial charge in [-0.1, -0.05) is 6.42 Å². The van der Waals surface area contributed by atoms with E-state index < -0.39 is 0 Å². The van der Waals surface area contributed by atoms with E-state index in [1.54, 1.807) is 0 Å². The largest absolute Gasteiger partial charge is 0.356 e. The smallest absolute Gasteiger partial charge is 0.236 e. The van der Waals surface area contributed by atoms with Gasteiger partial charge in [-0.25, -0.2) is 0 Å². The molecule has 4 aliphatic rings. The number of nitrogens with zero attached hydrogens (tertiary/aromatic N) is 2. The Morgan fingerprint density at radius 1 is 1.12 bits per heavy atom. The molecule has 1 atom stereocenters. The molecule has 1 unspecified atom stereocenters. The van der Waals surface area contributed by atoms with Crippen LogP contribution < -0.4 is 5.32 Å².